The zero-order valence-corrected chi connectivity index (χ0v) is 17.6. The number of ether oxygens (including phenoxy) is 3. The van der Waals surface area contributed by atoms with Gasteiger partial charge in [0.05, 0.1) is 26.4 Å². The number of methoxy groups -OCH3 is 1. The molecule has 0 saturated carbocycles. The molecule has 1 fully saturated rings. The van der Waals surface area contributed by atoms with Gasteiger partial charge in [-0.2, -0.15) is 4.31 Å². The van der Waals surface area contributed by atoms with Gasteiger partial charge in [0.1, 0.15) is 22.9 Å². The van der Waals surface area contributed by atoms with Crippen molar-refractivity contribution in [3.05, 3.63) is 24.3 Å². The Labute approximate surface area is 178 Å². The molecule has 1 aromatic rings. The maximum absolute atomic E-state index is 13.0. The molecule has 14 heteroatoms. The van der Waals surface area contributed by atoms with Crippen LogP contribution >= 0.6 is 0 Å². The van der Waals surface area contributed by atoms with Crippen LogP contribution in [-0.2, 0) is 24.3 Å². The van der Waals surface area contributed by atoms with E-state index in [-0.39, 0.29) is 10.6 Å². The summed E-state index contributed by atoms with van der Waals surface area (Å²) in [5.41, 5.74) is 1.33. The highest BCUT2D eigenvalue weighted by molar-refractivity contribution is 7.89. The highest BCUT2D eigenvalue weighted by Crippen LogP contribution is 2.30. The number of carbonyl (C=O) groups excluding carboxylic acids is 1. The van der Waals surface area contributed by atoms with Gasteiger partial charge in [-0.05, 0) is 19.1 Å². The second kappa shape index (κ2) is 10.2. The van der Waals surface area contributed by atoms with E-state index in [1.54, 1.807) is 6.07 Å². The summed E-state index contributed by atoms with van der Waals surface area (Å²) in [6, 6.07) is 5.64. The lowest BCUT2D eigenvalue weighted by molar-refractivity contribution is -0.445. The van der Waals surface area contributed by atoms with Gasteiger partial charge in [0.25, 0.3) is 5.91 Å². The molecule has 0 spiro atoms. The number of aliphatic hydroxyl groups excluding tert-OH is 3. The lowest BCUT2D eigenvalue weighted by atomic mass is 9.98. The monoisotopic (exact) mass is 466 g/mol. The highest BCUT2D eigenvalue weighted by Gasteiger charge is 2.53. The summed E-state index contributed by atoms with van der Waals surface area (Å²) in [6.45, 7) is -0.618. The topological polar surface area (TPSA) is 195 Å². The zero-order valence-electron chi connectivity index (χ0n) is 16.8. The standard InChI is InChI=1S/C17H26N2O11S/c1-10-14(21)15(22)16(23)17(24,30-10)29-8-7-19(9-13(20)18-25)31(26,27)12-6-4-3-5-11(12)28-2/h3-6,10,14-16,21-25H,7-9H2,1-2H3,(H,18,20). The van der Waals surface area contributed by atoms with Crippen LogP contribution in [0, 0.1) is 0 Å². The van der Waals surface area contributed by atoms with E-state index in [1.165, 1.54) is 37.7 Å². The second-order valence-corrected chi connectivity index (χ2v) is 8.66. The van der Waals surface area contributed by atoms with Crippen molar-refractivity contribution < 1.29 is 53.1 Å². The molecule has 176 valence electrons. The van der Waals surface area contributed by atoms with Crippen LogP contribution in [0.5, 0.6) is 5.75 Å². The summed E-state index contributed by atoms with van der Waals surface area (Å²) >= 11 is 0. The van der Waals surface area contributed by atoms with Crippen molar-refractivity contribution in [3.63, 3.8) is 0 Å². The number of benzene rings is 1. The number of rotatable bonds is 9. The molecule has 1 heterocycles. The third-order valence-corrected chi connectivity index (χ3v) is 6.55. The molecular formula is C17H26N2O11S. The van der Waals surface area contributed by atoms with Crippen LogP contribution in [0.1, 0.15) is 6.92 Å². The first-order valence-electron chi connectivity index (χ1n) is 9.12. The maximum Gasteiger partial charge on any atom is 0.311 e. The van der Waals surface area contributed by atoms with Gasteiger partial charge < -0.3 is 34.6 Å². The van der Waals surface area contributed by atoms with E-state index >= 15 is 0 Å². The second-order valence-electron chi connectivity index (χ2n) is 6.75. The molecule has 1 aliphatic heterocycles. The van der Waals surface area contributed by atoms with Gasteiger partial charge in [-0.25, -0.2) is 13.9 Å². The molecule has 0 bridgehead atoms. The molecule has 1 aromatic carbocycles. The Kier molecular flexibility index (Phi) is 8.32. The highest BCUT2D eigenvalue weighted by atomic mass is 32.2. The molecule has 0 aliphatic carbocycles. The lowest BCUT2D eigenvalue weighted by Crippen LogP contribution is -2.65. The minimum atomic E-state index is -4.33. The van der Waals surface area contributed by atoms with E-state index in [9.17, 15) is 33.6 Å². The smallest absolute Gasteiger partial charge is 0.311 e. The number of sulfonamides is 1. The predicted molar refractivity (Wildman–Crippen MR) is 101 cm³/mol. The Morgan fingerprint density at radius 1 is 1.26 bits per heavy atom. The number of nitrogens with one attached hydrogen (secondary N) is 1. The number of amides is 1. The molecule has 5 unspecified atom stereocenters. The quantitative estimate of drug-likeness (QED) is 0.126. The average Bonchev–Trinajstić information content (AvgIpc) is 2.75. The number of aliphatic hydroxyl groups is 4. The normalized spacial score (nSPS) is 29.0. The Hall–Kier alpha value is -1.88. The first-order chi connectivity index (χ1) is 14.5. The van der Waals surface area contributed by atoms with Gasteiger partial charge in [-0.3, -0.25) is 10.0 Å². The fraction of sp³-hybridized carbons (Fsp3) is 0.588. The van der Waals surface area contributed by atoms with E-state index in [1.807, 2.05) is 0 Å². The van der Waals surface area contributed by atoms with Gasteiger partial charge in [0.15, 0.2) is 6.10 Å². The van der Waals surface area contributed by atoms with Crippen LogP contribution in [0.4, 0.5) is 0 Å². The summed E-state index contributed by atoms with van der Waals surface area (Å²) in [7, 11) is -3.07. The van der Waals surface area contributed by atoms with Gasteiger partial charge in [0.2, 0.25) is 10.0 Å². The van der Waals surface area contributed by atoms with Crippen molar-refractivity contribution in [1.29, 1.82) is 0 Å². The van der Waals surface area contributed by atoms with Crippen molar-refractivity contribution >= 4 is 15.9 Å². The SMILES string of the molecule is COc1ccccc1S(=O)(=O)N(CCOC1(O)OC(C)C(O)C(O)C1O)CC(=O)NO. The molecule has 1 saturated heterocycles. The van der Waals surface area contributed by atoms with Gasteiger partial charge in [0, 0.05) is 6.54 Å². The number of para-hydroxylation sites is 1. The van der Waals surface area contributed by atoms with E-state index in [0.29, 0.717) is 4.31 Å². The molecule has 31 heavy (non-hydrogen) atoms. The first-order valence-corrected chi connectivity index (χ1v) is 10.6. The molecule has 0 aromatic heterocycles. The Balaban J connectivity index is 2.21. The Morgan fingerprint density at radius 2 is 1.90 bits per heavy atom. The molecule has 2 rings (SSSR count). The van der Waals surface area contributed by atoms with Crippen LogP contribution in [0.2, 0.25) is 0 Å². The number of carbonyl (C=O) groups is 1. The maximum atomic E-state index is 13.0. The van der Waals surface area contributed by atoms with E-state index in [4.69, 9.17) is 19.4 Å². The zero-order chi connectivity index (χ0) is 23.4. The minimum Gasteiger partial charge on any atom is -0.495 e. The van der Waals surface area contributed by atoms with Crippen LogP contribution in [-0.4, -0.2) is 101 Å². The molecular weight excluding hydrogens is 440 g/mol. The fourth-order valence-electron chi connectivity index (χ4n) is 2.95. The van der Waals surface area contributed by atoms with E-state index in [0.717, 1.165) is 0 Å². The Morgan fingerprint density at radius 3 is 2.52 bits per heavy atom. The lowest BCUT2D eigenvalue weighted by Gasteiger charge is -2.44. The van der Waals surface area contributed by atoms with Crippen molar-refractivity contribution in [2.45, 2.75) is 42.2 Å². The fourth-order valence-corrected chi connectivity index (χ4v) is 4.49. The van der Waals surface area contributed by atoms with Crippen LogP contribution in [0.3, 0.4) is 0 Å². The molecule has 1 amide bonds. The van der Waals surface area contributed by atoms with E-state index in [2.05, 4.69) is 0 Å². The Bertz CT molecular complexity index is 867. The van der Waals surface area contributed by atoms with Crippen LogP contribution in [0.15, 0.2) is 29.2 Å². The van der Waals surface area contributed by atoms with Gasteiger partial charge >= 0.3 is 5.97 Å². The largest absolute Gasteiger partial charge is 0.495 e. The summed E-state index contributed by atoms with van der Waals surface area (Å²) in [5.74, 6) is -3.77. The first kappa shape index (κ1) is 25.4. The van der Waals surface area contributed by atoms with Crippen molar-refractivity contribution in [1.82, 2.24) is 9.79 Å². The average molecular weight is 466 g/mol. The van der Waals surface area contributed by atoms with Crippen LogP contribution < -0.4 is 10.2 Å². The summed E-state index contributed by atoms with van der Waals surface area (Å²) in [4.78, 5) is 11.4. The molecule has 5 atom stereocenters. The molecule has 6 N–H and O–H groups in total. The number of nitrogens with zero attached hydrogens (tertiary/aromatic N) is 1. The number of hydrogen-bond donors (Lipinski definition) is 6. The molecule has 13 nitrogen and oxygen atoms in total. The minimum absolute atomic E-state index is 0.00780. The van der Waals surface area contributed by atoms with Crippen molar-refractivity contribution in [2.75, 3.05) is 26.8 Å². The number of hydroxylamine groups is 1. The molecule has 1 aliphatic rings. The van der Waals surface area contributed by atoms with Crippen LogP contribution in [0.25, 0.3) is 0 Å². The number of hydrogen-bond acceptors (Lipinski definition) is 11. The summed E-state index contributed by atoms with van der Waals surface area (Å²) < 4.78 is 41.9. The third-order valence-electron chi connectivity index (χ3n) is 4.66. The van der Waals surface area contributed by atoms with E-state index < -0.39 is 66.0 Å². The van der Waals surface area contributed by atoms with Crippen molar-refractivity contribution in [2.24, 2.45) is 0 Å². The molecule has 0 radical (unpaired) electrons. The summed E-state index contributed by atoms with van der Waals surface area (Å²) in [5, 5.41) is 48.7. The van der Waals surface area contributed by atoms with Gasteiger partial charge in [-0.15, -0.1) is 0 Å². The summed E-state index contributed by atoms with van der Waals surface area (Å²) in [6.07, 6.45) is -6.45. The van der Waals surface area contributed by atoms with Gasteiger partial charge in [-0.1, -0.05) is 12.1 Å². The van der Waals surface area contributed by atoms with Crippen molar-refractivity contribution in [3.8, 4) is 5.75 Å². The predicted octanol–water partition coefficient (Wildman–Crippen LogP) is -2.64. The third kappa shape index (κ3) is 5.49.